The van der Waals surface area contributed by atoms with Gasteiger partial charge >= 0.3 is 12.4 Å². The summed E-state index contributed by atoms with van der Waals surface area (Å²) in [6, 6.07) is 9.78. The first-order chi connectivity index (χ1) is 20.8. The first-order valence-electron chi connectivity index (χ1n) is 13.7. The van der Waals surface area contributed by atoms with Crippen LogP contribution < -0.4 is 4.74 Å². The van der Waals surface area contributed by atoms with E-state index in [9.17, 15) is 36.2 Å². The number of amides is 1. The summed E-state index contributed by atoms with van der Waals surface area (Å²) in [5.41, 5.74) is -2.20. The van der Waals surface area contributed by atoms with E-state index in [-0.39, 0.29) is 47.7 Å². The van der Waals surface area contributed by atoms with Crippen LogP contribution in [0.4, 0.5) is 26.3 Å². The lowest BCUT2D eigenvalue weighted by molar-refractivity contribution is -0.143. The molecule has 0 saturated carbocycles. The van der Waals surface area contributed by atoms with Gasteiger partial charge < -0.3 is 14.7 Å². The Kier molecular flexibility index (Phi) is 8.33. The SMILES string of the molecule is COc1ccc(-c2nc3c(C(=O)N4CCN([C@@H](CO)c5ccccc5C(F)(F)F)C[C@H]4C)cnn3c(C(F)(F)F)c2C)cc1. The molecule has 2 aromatic heterocycles. The van der Waals surface area contributed by atoms with E-state index >= 15 is 0 Å². The summed E-state index contributed by atoms with van der Waals surface area (Å²) in [5.74, 6) is -0.115. The topological polar surface area (TPSA) is 83.2 Å². The Labute approximate surface area is 248 Å². The lowest BCUT2D eigenvalue weighted by atomic mass is 9.97. The van der Waals surface area contributed by atoms with Gasteiger partial charge in [0.15, 0.2) is 11.3 Å². The summed E-state index contributed by atoms with van der Waals surface area (Å²) in [6.45, 7) is 2.66. The van der Waals surface area contributed by atoms with E-state index in [1.54, 1.807) is 36.1 Å². The second kappa shape index (κ2) is 11.7. The molecular formula is C30H29F6N5O3. The Hall–Kier alpha value is -4.17. The molecule has 8 nitrogen and oxygen atoms in total. The molecule has 1 fully saturated rings. The molecule has 0 unspecified atom stereocenters. The molecule has 1 saturated heterocycles. The molecule has 0 bridgehead atoms. The van der Waals surface area contributed by atoms with Crippen molar-refractivity contribution in [3.63, 3.8) is 0 Å². The molecule has 2 atom stereocenters. The maximum absolute atomic E-state index is 14.3. The Morgan fingerprint density at radius 2 is 1.73 bits per heavy atom. The van der Waals surface area contributed by atoms with Gasteiger partial charge in [0.25, 0.3) is 5.91 Å². The fraction of sp³-hybridized carbons (Fsp3) is 0.367. The van der Waals surface area contributed by atoms with E-state index in [1.807, 2.05) is 0 Å². The predicted octanol–water partition coefficient (Wildman–Crippen LogP) is 5.63. The summed E-state index contributed by atoms with van der Waals surface area (Å²) in [5, 5.41) is 14.0. The maximum atomic E-state index is 14.3. The molecule has 2 aromatic carbocycles. The minimum absolute atomic E-state index is 0.0222. The number of carbonyl (C=O) groups excluding carboxylic acids is 1. The van der Waals surface area contributed by atoms with Gasteiger partial charge in [0.05, 0.1) is 37.2 Å². The number of aliphatic hydroxyl groups excluding tert-OH is 1. The number of carbonyl (C=O) groups is 1. The Morgan fingerprint density at radius 3 is 2.32 bits per heavy atom. The van der Waals surface area contributed by atoms with Crippen LogP contribution in [0.3, 0.4) is 0 Å². The minimum Gasteiger partial charge on any atom is -0.497 e. The number of piperazine rings is 1. The largest absolute Gasteiger partial charge is 0.497 e. The van der Waals surface area contributed by atoms with Crippen molar-refractivity contribution < 1.29 is 41.0 Å². The summed E-state index contributed by atoms with van der Waals surface area (Å²) < 4.78 is 89.8. The van der Waals surface area contributed by atoms with Gasteiger partial charge in [0.1, 0.15) is 11.3 Å². The highest BCUT2D eigenvalue weighted by atomic mass is 19.4. The average Bonchev–Trinajstić information content (AvgIpc) is 3.39. The molecule has 0 spiro atoms. The monoisotopic (exact) mass is 621 g/mol. The van der Waals surface area contributed by atoms with Crippen LogP contribution in [-0.4, -0.2) is 74.8 Å². The van der Waals surface area contributed by atoms with E-state index in [1.165, 1.54) is 37.1 Å². The van der Waals surface area contributed by atoms with E-state index in [2.05, 4.69) is 10.1 Å². The molecule has 0 radical (unpaired) electrons. The molecule has 3 heterocycles. The number of alkyl halides is 6. The van der Waals surface area contributed by atoms with Crippen LogP contribution in [-0.2, 0) is 12.4 Å². The molecule has 44 heavy (non-hydrogen) atoms. The molecule has 4 aromatic rings. The molecule has 5 rings (SSSR count). The number of methoxy groups -OCH3 is 1. The van der Waals surface area contributed by atoms with E-state index in [4.69, 9.17) is 4.74 Å². The summed E-state index contributed by atoms with van der Waals surface area (Å²) >= 11 is 0. The summed E-state index contributed by atoms with van der Waals surface area (Å²) in [4.78, 5) is 21.3. The first kappa shape index (κ1) is 31.3. The van der Waals surface area contributed by atoms with Crippen LogP contribution in [0, 0.1) is 6.92 Å². The van der Waals surface area contributed by atoms with Crippen LogP contribution in [0.1, 0.15) is 45.7 Å². The van der Waals surface area contributed by atoms with E-state index in [0.717, 1.165) is 12.3 Å². The lowest BCUT2D eigenvalue weighted by Gasteiger charge is -2.43. The molecule has 1 aliphatic heterocycles. The predicted molar refractivity (Wildman–Crippen MR) is 148 cm³/mol. The van der Waals surface area contributed by atoms with Crippen molar-refractivity contribution >= 4 is 11.6 Å². The first-order valence-corrected chi connectivity index (χ1v) is 13.7. The zero-order chi connectivity index (χ0) is 32.0. The third-order valence-corrected chi connectivity index (χ3v) is 7.90. The van der Waals surface area contributed by atoms with Crippen molar-refractivity contribution in [2.75, 3.05) is 33.4 Å². The molecule has 1 aliphatic rings. The normalized spacial score (nSPS) is 17.2. The number of fused-ring (bicyclic) bond motifs is 1. The number of nitrogens with zero attached hydrogens (tertiary/aromatic N) is 5. The number of halogens is 6. The number of hydrogen-bond donors (Lipinski definition) is 1. The van der Waals surface area contributed by atoms with E-state index < -0.39 is 48.2 Å². The average molecular weight is 622 g/mol. The number of ether oxygens (including phenoxy) is 1. The second-order valence-electron chi connectivity index (χ2n) is 10.6. The van der Waals surface area contributed by atoms with Crippen LogP contribution in [0.15, 0.2) is 54.7 Å². The standard InChI is InChI=1S/C30H29F6N5O3/c1-17-15-39(24(16-42)21-6-4-5-7-23(21)29(31,32)33)12-13-40(17)28(43)22-14-37-41-26(30(34,35)36)18(2)25(38-27(22)41)19-8-10-20(44-3)11-9-19/h4-11,14,17,24,42H,12-13,15-16H2,1-3H3/t17-,24+/m1/s1. The fourth-order valence-electron chi connectivity index (χ4n) is 5.77. The zero-order valence-electron chi connectivity index (χ0n) is 23.9. The van der Waals surface area contributed by atoms with Gasteiger partial charge in [-0.3, -0.25) is 9.69 Å². The number of aromatic nitrogens is 3. The van der Waals surface area contributed by atoms with Gasteiger partial charge in [-0.15, -0.1) is 0 Å². The Morgan fingerprint density at radius 1 is 1.05 bits per heavy atom. The number of benzene rings is 2. The van der Waals surface area contributed by atoms with E-state index in [0.29, 0.717) is 15.8 Å². The molecule has 234 valence electrons. The summed E-state index contributed by atoms with van der Waals surface area (Å²) in [7, 11) is 1.46. The lowest BCUT2D eigenvalue weighted by Crippen LogP contribution is -2.55. The molecule has 1 amide bonds. The molecule has 14 heteroatoms. The van der Waals surface area contributed by atoms with Crippen molar-refractivity contribution in [3.8, 4) is 17.0 Å². The second-order valence-corrected chi connectivity index (χ2v) is 10.6. The van der Waals surface area contributed by atoms with Crippen LogP contribution in [0.5, 0.6) is 5.75 Å². The quantitative estimate of drug-likeness (QED) is 0.281. The van der Waals surface area contributed by atoms with Gasteiger partial charge in [-0.2, -0.15) is 31.4 Å². The number of rotatable bonds is 6. The van der Waals surface area contributed by atoms with Crippen molar-refractivity contribution in [2.24, 2.45) is 0 Å². The zero-order valence-corrected chi connectivity index (χ0v) is 23.9. The number of hydrogen-bond acceptors (Lipinski definition) is 6. The highest BCUT2D eigenvalue weighted by molar-refractivity contribution is 6.00. The van der Waals surface area contributed by atoms with Crippen LogP contribution in [0.2, 0.25) is 0 Å². The van der Waals surface area contributed by atoms with Gasteiger partial charge in [-0.1, -0.05) is 18.2 Å². The van der Waals surface area contributed by atoms with Gasteiger partial charge in [0, 0.05) is 36.8 Å². The van der Waals surface area contributed by atoms with Crippen molar-refractivity contribution in [1.82, 2.24) is 24.4 Å². The van der Waals surface area contributed by atoms with Crippen molar-refractivity contribution in [2.45, 2.75) is 38.3 Å². The molecule has 1 N–H and O–H groups in total. The van der Waals surface area contributed by atoms with Crippen molar-refractivity contribution in [1.29, 1.82) is 0 Å². The minimum atomic E-state index is -4.82. The Balaban J connectivity index is 1.48. The van der Waals surface area contributed by atoms with Gasteiger partial charge in [-0.05, 0) is 49.7 Å². The van der Waals surface area contributed by atoms with Gasteiger partial charge in [-0.25, -0.2) is 9.50 Å². The highest BCUT2D eigenvalue weighted by Gasteiger charge is 2.41. The smallest absolute Gasteiger partial charge is 0.433 e. The third kappa shape index (κ3) is 5.71. The molecule has 0 aliphatic carbocycles. The highest BCUT2D eigenvalue weighted by Crippen LogP contribution is 2.38. The van der Waals surface area contributed by atoms with Crippen LogP contribution in [0.25, 0.3) is 16.9 Å². The van der Waals surface area contributed by atoms with Gasteiger partial charge in [0.2, 0.25) is 0 Å². The van der Waals surface area contributed by atoms with Crippen molar-refractivity contribution in [3.05, 3.63) is 82.7 Å². The Bertz CT molecular complexity index is 1670. The third-order valence-electron chi connectivity index (χ3n) is 7.90. The maximum Gasteiger partial charge on any atom is 0.433 e. The summed E-state index contributed by atoms with van der Waals surface area (Å²) in [6.07, 6.45) is -8.39. The fourth-order valence-corrected chi connectivity index (χ4v) is 5.77. The molecular weight excluding hydrogens is 592 g/mol. The van der Waals surface area contributed by atoms with Crippen LogP contribution >= 0.6 is 0 Å². The number of aliphatic hydroxyl groups is 1.